The van der Waals surface area contributed by atoms with Crippen LogP contribution in [0.1, 0.15) is 22.5 Å². The predicted molar refractivity (Wildman–Crippen MR) is 107 cm³/mol. The number of carbonyl (C=O) groups is 1. The number of thioether (sulfide) groups is 1. The van der Waals surface area contributed by atoms with Crippen LogP contribution in [0.25, 0.3) is 0 Å². The van der Waals surface area contributed by atoms with Gasteiger partial charge in [0, 0.05) is 13.1 Å². The van der Waals surface area contributed by atoms with Crippen LogP contribution in [-0.4, -0.2) is 37.9 Å². The first kappa shape index (κ1) is 17.8. The Hall–Kier alpha value is -2.60. The van der Waals surface area contributed by atoms with E-state index in [-0.39, 0.29) is 5.91 Å². The predicted octanol–water partition coefficient (Wildman–Crippen LogP) is 3.31. The molecule has 0 atom stereocenters. The summed E-state index contributed by atoms with van der Waals surface area (Å²) in [5.74, 6) is 1.40. The van der Waals surface area contributed by atoms with Crippen LogP contribution in [0.15, 0.2) is 59.8 Å². The molecule has 2 aromatic carbocycles. The van der Waals surface area contributed by atoms with E-state index in [1.54, 1.807) is 0 Å². The van der Waals surface area contributed by atoms with Crippen LogP contribution in [0, 0.1) is 6.92 Å². The van der Waals surface area contributed by atoms with Gasteiger partial charge in [-0.3, -0.25) is 4.79 Å². The van der Waals surface area contributed by atoms with Crippen molar-refractivity contribution in [3.8, 4) is 0 Å². The zero-order valence-electron chi connectivity index (χ0n) is 15.3. The molecule has 0 aliphatic carbocycles. The van der Waals surface area contributed by atoms with Crippen molar-refractivity contribution in [2.45, 2.75) is 31.6 Å². The molecule has 0 N–H and O–H groups in total. The maximum absolute atomic E-state index is 12.7. The van der Waals surface area contributed by atoms with Gasteiger partial charge in [0.1, 0.15) is 5.82 Å². The van der Waals surface area contributed by atoms with Gasteiger partial charge in [0.2, 0.25) is 5.91 Å². The quantitative estimate of drug-likeness (QED) is 0.639. The molecule has 0 saturated heterocycles. The van der Waals surface area contributed by atoms with Gasteiger partial charge in [0.15, 0.2) is 5.16 Å². The van der Waals surface area contributed by atoms with Gasteiger partial charge in [-0.2, -0.15) is 0 Å². The number of nitrogens with zero attached hydrogens (tertiary/aromatic N) is 4. The highest BCUT2D eigenvalue weighted by Gasteiger charge is 2.21. The van der Waals surface area contributed by atoms with Crippen LogP contribution in [0.5, 0.6) is 0 Å². The maximum Gasteiger partial charge on any atom is 0.233 e. The fourth-order valence-electron chi connectivity index (χ4n) is 3.34. The first-order valence-corrected chi connectivity index (χ1v) is 10.1. The second kappa shape index (κ2) is 7.96. The van der Waals surface area contributed by atoms with E-state index in [0.717, 1.165) is 23.9 Å². The Kier molecular flexibility index (Phi) is 5.25. The van der Waals surface area contributed by atoms with E-state index in [2.05, 4.69) is 45.1 Å². The number of carbonyl (C=O) groups excluding carboxylic acids is 1. The van der Waals surface area contributed by atoms with Crippen LogP contribution < -0.4 is 0 Å². The summed E-state index contributed by atoms with van der Waals surface area (Å²) < 4.78 is 2.07. The third-order valence-electron chi connectivity index (χ3n) is 4.89. The standard InChI is InChI=1S/C21H22N4OS/c1-16-22-23-21(25(16)13-17-7-3-2-4-8-17)27-15-20(26)24-12-11-18-9-5-6-10-19(18)14-24/h2-10H,11-15H2,1H3. The Bertz CT molecular complexity index is 938. The van der Waals surface area contributed by atoms with Crippen LogP contribution in [-0.2, 0) is 24.3 Å². The lowest BCUT2D eigenvalue weighted by molar-refractivity contribution is -0.129. The van der Waals surface area contributed by atoms with Gasteiger partial charge in [-0.05, 0) is 30.0 Å². The number of fused-ring (bicyclic) bond motifs is 1. The average Bonchev–Trinajstić information content (AvgIpc) is 3.06. The summed E-state index contributed by atoms with van der Waals surface area (Å²) in [6.45, 7) is 4.15. The molecule has 1 amide bonds. The van der Waals surface area contributed by atoms with Crippen molar-refractivity contribution in [1.29, 1.82) is 0 Å². The van der Waals surface area contributed by atoms with Crippen molar-refractivity contribution in [2.75, 3.05) is 12.3 Å². The highest BCUT2D eigenvalue weighted by Crippen LogP contribution is 2.22. The molecule has 1 aromatic heterocycles. The number of hydrogen-bond acceptors (Lipinski definition) is 4. The van der Waals surface area contributed by atoms with Crippen LogP contribution in [0.4, 0.5) is 0 Å². The number of hydrogen-bond donors (Lipinski definition) is 0. The summed E-state index contributed by atoms with van der Waals surface area (Å²) in [4.78, 5) is 14.6. The van der Waals surface area contributed by atoms with Gasteiger partial charge < -0.3 is 9.47 Å². The SMILES string of the molecule is Cc1nnc(SCC(=O)N2CCc3ccccc3C2)n1Cc1ccccc1. The van der Waals surface area contributed by atoms with E-state index >= 15 is 0 Å². The Morgan fingerprint density at radius 2 is 1.78 bits per heavy atom. The lowest BCUT2D eigenvalue weighted by Crippen LogP contribution is -2.37. The highest BCUT2D eigenvalue weighted by molar-refractivity contribution is 7.99. The molecule has 0 fully saturated rings. The summed E-state index contributed by atoms with van der Waals surface area (Å²) in [5.41, 5.74) is 3.80. The summed E-state index contributed by atoms with van der Waals surface area (Å²) in [6.07, 6.45) is 0.926. The highest BCUT2D eigenvalue weighted by atomic mass is 32.2. The summed E-state index contributed by atoms with van der Waals surface area (Å²) in [6, 6.07) is 18.6. The number of amides is 1. The summed E-state index contributed by atoms with van der Waals surface area (Å²) >= 11 is 1.47. The van der Waals surface area contributed by atoms with E-state index in [9.17, 15) is 4.79 Å². The molecule has 0 bridgehead atoms. The van der Waals surface area contributed by atoms with Crippen molar-refractivity contribution in [2.24, 2.45) is 0 Å². The molecule has 0 saturated carbocycles. The zero-order valence-corrected chi connectivity index (χ0v) is 16.2. The minimum atomic E-state index is 0.154. The fourth-order valence-corrected chi connectivity index (χ4v) is 4.23. The number of rotatable bonds is 5. The van der Waals surface area contributed by atoms with Crippen LogP contribution >= 0.6 is 11.8 Å². The van der Waals surface area contributed by atoms with Crippen molar-refractivity contribution < 1.29 is 4.79 Å². The Balaban J connectivity index is 1.40. The number of benzene rings is 2. The van der Waals surface area contributed by atoms with E-state index in [4.69, 9.17) is 0 Å². The van der Waals surface area contributed by atoms with Gasteiger partial charge in [-0.1, -0.05) is 66.4 Å². The molecular weight excluding hydrogens is 356 g/mol. The van der Waals surface area contributed by atoms with E-state index in [0.29, 0.717) is 18.8 Å². The second-order valence-electron chi connectivity index (χ2n) is 6.72. The lowest BCUT2D eigenvalue weighted by Gasteiger charge is -2.28. The van der Waals surface area contributed by atoms with Crippen molar-refractivity contribution in [3.63, 3.8) is 0 Å². The van der Waals surface area contributed by atoms with Crippen LogP contribution in [0.3, 0.4) is 0 Å². The van der Waals surface area contributed by atoms with E-state index < -0.39 is 0 Å². The van der Waals surface area contributed by atoms with Gasteiger partial charge in [0.25, 0.3) is 0 Å². The van der Waals surface area contributed by atoms with Crippen LogP contribution in [0.2, 0.25) is 0 Å². The van der Waals surface area contributed by atoms with Crippen molar-refractivity contribution >= 4 is 17.7 Å². The first-order chi connectivity index (χ1) is 13.2. The summed E-state index contributed by atoms with van der Waals surface area (Å²) in [7, 11) is 0. The lowest BCUT2D eigenvalue weighted by atomic mass is 10.00. The number of aryl methyl sites for hydroxylation is 1. The normalized spacial score (nSPS) is 13.4. The molecule has 0 unspecified atom stereocenters. The topological polar surface area (TPSA) is 51.0 Å². The monoisotopic (exact) mass is 378 g/mol. The van der Waals surface area contributed by atoms with Crippen molar-refractivity contribution in [3.05, 3.63) is 77.1 Å². The zero-order chi connectivity index (χ0) is 18.6. The molecule has 3 aromatic rings. The third-order valence-corrected chi connectivity index (χ3v) is 5.84. The Morgan fingerprint density at radius 1 is 1.04 bits per heavy atom. The molecule has 138 valence electrons. The fraction of sp³-hybridized carbons (Fsp3) is 0.286. The Morgan fingerprint density at radius 3 is 2.59 bits per heavy atom. The summed E-state index contributed by atoms with van der Waals surface area (Å²) in [5, 5.41) is 9.26. The minimum Gasteiger partial charge on any atom is -0.337 e. The minimum absolute atomic E-state index is 0.154. The average molecular weight is 379 g/mol. The van der Waals surface area contributed by atoms with Gasteiger partial charge in [0.05, 0.1) is 12.3 Å². The molecule has 0 radical (unpaired) electrons. The molecule has 2 heterocycles. The maximum atomic E-state index is 12.7. The molecule has 6 heteroatoms. The number of aromatic nitrogens is 3. The largest absolute Gasteiger partial charge is 0.337 e. The molecular formula is C21H22N4OS. The molecule has 1 aliphatic rings. The third kappa shape index (κ3) is 4.06. The van der Waals surface area contributed by atoms with Gasteiger partial charge >= 0.3 is 0 Å². The molecule has 4 rings (SSSR count). The molecule has 5 nitrogen and oxygen atoms in total. The molecule has 1 aliphatic heterocycles. The van der Waals surface area contributed by atoms with E-state index in [1.165, 1.54) is 28.5 Å². The first-order valence-electron chi connectivity index (χ1n) is 9.12. The second-order valence-corrected chi connectivity index (χ2v) is 7.67. The Labute approximate surface area is 163 Å². The van der Waals surface area contributed by atoms with Gasteiger partial charge in [-0.15, -0.1) is 10.2 Å². The van der Waals surface area contributed by atoms with Crippen molar-refractivity contribution in [1.82, 2.24) is 19.7 Å². The smallest absolute Gasteiger partial charge is 0.233 e. The molecule has 27 heavy (non-hydrogen) atoms. The van der Waals surface area contributed by atoms with Gasteiger partial charge in [-0.25, -0.2) is 0 Å². The van der Waals surface area contributed by atoms with E-state index in [1.807, 2.05) is 36.1 Å². The molecule has 0 spiro atoms.